The van der Waals surface area contributed by atoms with E-state index in [4.69, 9.17) is 14.2 Å². The summed E-state index contributed by atoms with van der Waals surface area (Å²) in [6.45, 7) is 3.36. The van der Waals surface area contributed by atoms with Crippen LogP contribution < -0.4 is 0 Å². The zero-order valence-corrected chi connectivity index (χ0v) is 8.11. The summed E-state index contributed by atoms with van der Waals surface area (Å²) >= 11 is 0. The topological polar surface area (TPSA) is 55.4 Å². The molecule has 2 aliphatic rings. The van der Waals surface area contributed by atoms with Crippen LogP contribution in [0.5, 0.6) is 0 Å². The Hall–Kier alpha value is -0.240. The number of hydrogen-bond donors (Lipinski definition) is 0. The summed E-state index contributed by atoms with van der Waals surface area (Å²) in [6, 6.07) is 0. The maximum absolute atomic E-state index is 4.85. The molecule has 0 aromatic rings. The zero-order chi connectivity index (χ0) is 9.90. The average Bonchev–Trinajstić information content (AvgIpc) is 2.68. The minimum atomic E-state index is 0.375. The van der Waals surface area contributed by atoms with E-state index in [2.05, 4.69) is 14.8 Å². The highest BCUT2D eigenvalue weighted by atomic mass is 17.5. The van der Waals surface area contributed by atoms with Crippen LogP contribution in [0.3, 0.4) is 0 Å². The molecule has 0 spiro atoms. The highest BCUT2D eigenvalue weighted by Gasteiger charge is 1.96. The normalized spacial score (nSPS) is 24.0. The highest BCUT2D eigenvalue weighted by molar-refractivity contribution is 4.34. The van der Waals surface area contributed by atoms with Crippen molar-refractivity contribution in [3.63, 3.8) is 0 Å². The summed E-state index contributed by atoms with van der Waals surface area (Å²) in [5.74, 6) is 0. The van der Waals surface area contributed by atoms with Crippen molar-refractivity contribution in [2.75, 3.05) is 40.0 Å². The van der Waals surface area contributed by atoms with Crippen molar-refractivity contribution in [3.05, 3.63) is 0 Å². The van der Waals surface area contributed by atoms with Gasteiger partial charge in [-0.1, -0.05) is 5.04 Å². The summed E-state index contributed by atoms with van der Waals surface area (Å²) in [6.07, 6.45) is 2.06. The standard InChI is InChI=1S/2C4H8O3/c1-2-6-4-7-3-5-1;1-2-4-6-7-5-3-1/h2*1-4H2. The maximum atomic E-state index is 4.85. The molecule has 0 bridgehead atoms. The molecule has 2 aliphatic heterocycles. The van der Waals surface area contributed by atoms with Crippen LogP contribution in [0.4, 0.5) is 0 Å². The largest absolute Gasteiger partial charge is 0.353 e. The van der Waals surface area contributed by atoms with Crippen molar-refractivity contribution in [2.24, 2.45) is 0 Å². The fraction of sp³-hybridized carbons (Fsp3) is 1.00. The van der Waals surface area contributed by atoms with Crippen LogP contribution in [-0.2, 0) is 29.0 Å². The van der Waals surface area contributed by atoms with Crippen LogP contribution >= 0.6 is 0 Å². The van der Waals surface area contributed by atoms with Gasteiger partial charge in [0.15, 0.2) is 0 Å². The zero-order valence-electron chi connectivity index (χ0n) is 8.11. The van der Waals surface area contributed by atoms with Crippen molar-refractivity contribution in [2.45, 2.75) is 12.8 Å². The van der Waals surface area contributed by atoms with Gasteiger partial charge in [0, 0.05) is 0 Å². The van der Waals surface area contributed by atoms with E-state index >= 15 is 0 Å². The van der Waals surface area contributed by atoms with Gasteiger partial charge in [0.05, 0.1) is 26.4 Å². The first-order chi connectivity index (χ1) is 7.00. The van der Waals surface area contributed by atoms with Crippen LogP contribution in [0.1, 0.15) is 12.8 Å². The second kappa shape index (κ2) is 9.32. The molecule has 0 amide bonds. The lowest BCUT2D eigenvalue weighted by Crippen LogP contribution is -1.96. The Bertz CT molecular complexity index is 67.1. The molecule has 0 aromatic heterocycles. The van der Waals surface area contributed by atoms with E-state index in [1.54, 1.807) is 0 Å². The molecule has 0 N–H and O–H groups in total. The van der Waals surface area contributed by atoms with Gasteiger partial charge < -0.3 is 14.2 Å². The monoisotopic (exact) mass is 208 g/mol. The van der Waals surface area contributed by atoms with E-state index in [0.717, 1.165) is 12.8 Å². The van der Waals surface area contributed by atoms with E-state index in [0.29, 0.717) is 40.0 Å². The van der Waals surface area contributed by atoms with E-state index in [1.165, 1.54) is 0 Å². The molecule has 84 valence electrons. The lowest BCUT2D eigenvalue weighted by molar-refractivity contribution is -0.504. The third-order valence-electron chi connectivity index (χ3n) is 1.51. The van der Waals surface area contributed by atoms with E-state index in [1.807, 2.05) is 0 Å². The van der Waals surface area contributed by atoms with Crippen LogP contribution in [0.2, 0.25) is 0 Å². The minimum absolute atomic E-state index is 0.375. The van der Waals surface area contributed by atoms with Crippen molar-refractivity contribution >= 4 is 0 Å². The smallest absolute Gasteiger partial charge is 0.149 e. The third kappa shape index (κ3) is 7.19. The van der Waals surface area contributed by atoms with Gasteiger partial charge in [-0.15, -0.1) is 0 Å². The second-order valence-electron chi connectivity index (χ2n) is 2.68. The molecule has 2 heterocycles. The minimum Gasteiger partial charge on any atom is -0.353 e. The SMILES string of the molecule is C1CCOOOC1.C1COCOCO1. The summed E-state index contributed by atoms with van der Waals surface area (Å²) in [7, 11) is 0. The van der Waals surface area contributed by atoms with Gasteiger partial charge in [-0.05, 0) is 12.8 Å². The number of ether oxygens (including phenoxy) is 3. The first-order valence-electron chi connectivity index (χ1n) is 4.64. The van der Waals surface area contributed by atoms with Gasteiger partial charge in [0.25, 0.3) is 0 Å². The lowest BCUT2D eigenvalue weighted by Gasteiger charge is -1.92. The number of rotatable bonds is 0. The molecule has 0 unspecified atom stereocenters. The predicted molar refractivity (Wildman–Crippen MR) is 44.9 cm³/mol. The molecule has 0 saturated carbocycles. The first kappa shape index (κ1) is 11.8. The van der Waals surface area contributed by atoms with Gasteiger partial charge >= 0.3 is 0 Å². The van der Waals surface area contributed by atoms with Crippen LogP contribution in [0.15, 0.2) is 0 Å². The predicted octanol–water partition coefficient (Wildman–Crippen LogP) is 0.625. The molecule has 0 atom stereocenters. The Balaban J connectivity index is 0.000000140. The van der Waals surface area contributed by atoms with Gasteiger partial charge in [-0.3, -0.25) is 0 Å². The Morgan fingerprint density at radius 1 is 0.571 bits per heavy atom. The molecule has 2 fully saturated rings. The van der Waals surface area contributed by atoms with E-state index in [-0.39, 0.29) is 0 Å². The molecule has 2 rings (SSSR count). The number of hydrogen-bond acceptors (Lipinski definition) is 6. The van der Waals surface area contributed by atoms with Crippen LogP contribution in [-0.4, -0.2) is 40.0 Å². The van der Waals surface area contributed by atoms with Crippen molar-refractivity contribution < 1.29 is 29.0 Å². The Labute approximate surface area is 82.8 Å². The summed E-state index contributed by atoms with van der Waals surface area (Å²) < 4.78 is 14.4. The summed E-state index contributed by atoms with van der Waals surface area (Å²) in [5.41, 5.74) is 0. The molecule has 6 nitrogen and oxygen atoms in total. The van der Waals surface area contributed by atoms with Gasteiger partial charge in [-0.25, -0.2) is 9.78 Å². The fourth-order valence-corrected chi connectivity index (χ4v) is 0.812. The molecule has 2 saturated heterocycles. The molecule has 6 heteroatoms. The quantitative estimate of drug-likeness (QED) is 0.544. The third-order valence-corrected chi connectivity index (χ3v) is 1.51. The maximum Gasteiger partial charge on any atom is 0.149 e. The molecule has 0 aliphatic carbocycles. The molecular weight excluding hydrogens is 192 g/mol. The molecule has 14 heavy (non-hydrogen) atoms. The van der Waals surface area contributed by atoms with Gasteiger partial charge in [0.1, 0.15) is 13.6 Å². The summed E-state index contributed by atoms with van der Waals surface area (Å²) in [5, 5.41) is 4.19. The Morgan fingerprint density at radius 3 is 1.71 bits per heavy atom. The van der Waals surface area contributed by atoms with E-state index < -0.39 is 0 Å². The van der Waals surface area contributed by atoms with Gasteiger partial charge in [0.2, 0.25) is 0 Å². The fourth-order valence-electron chi connectivity index (χ4n) is 0.812. The average molecular weight is 208 g/mol. The summed E-state index contributed by atoms with van der Waals surface area (Å²) in [4.78, 5) is 8.94. The van der Waals surface area contributed by atoms with Crippen molar-refractivity contribution in [1.82, 2.24) is 0 Å². The molecule has 0 aromatic carbocycles. The van der Waals surface area contributed by atoms with E-state index in [9.17, 15) is 0 Å². The van der Waals surface area contributed by atoms with Crippen LogP contribution in [0, 0.1) is 0 Å². The second-order valence-corrected chi connectivity index (χ2v) is 2.68. The molecular formula is C8H16O6. The Morgan fingerprint density at radius 2 is 1.14 bits per heavy atom. The Kier molecular flexibility index (Phi) is 7.88. The molecule has 0 radical (unpaired) electrons. The highest BCUT2D eigenvalue weighted by Crippen LogP contribution is 1.97. The van der Waals surface area contributed by atoms with Crippen molar-refractivity contribution in [3.8, 4) is 0 Å². The van der Waals surface area contributed by atoms with Crippen molar-refractivity contribution in [1.29, 1.82) is 0 Å². The van der Waals surface area contributed by atoms with Crippen LogP contribution in [0.25, 0.3) is 0 Å². The van der Waals surface area contributed by atoms with Gasteiger partial charge in [-0.2, -0.15) is 0 Å². The first-order valence-corrected chi connectivity index (χ1v) is 4.64. The lowest BCUT2D eigenvalue weighted by atomic mass is 10.3.